The van der Waals surface area contributed by atoms with Gasteiger partial charge < -0.3 is 0 Å². The number of rotatable bonds is 3. The van der Waals surface area contributed by atoms with Crippen molar-refractivity contribution in [1.29, 1.82) is 0 Å². The fraction of sp³-hybridized carbons (Fsp3) is 0.143. The topological polar surface area (TPSA) is 56.0 Å². The molecule has 0 saturated carbocycles. The van der Waals surface area contributed by atoms with E-state index >= 15 is 0 Å². The molecule has 132 valence electrons. The second-order valence-electron chi connectivity index (χ2n) is 6.48. The van der Waals surface area contributed by atoms with E-state index in [0.29, 0.717) is 0 Å². The van der Waals surface area contributed by atoms with Gasteiger partial charge in [-0.3, -0.25) is 4.98 Å². The molecule has 5 aromatic rings. The summed E-state index contributed by atoms with van der Waals surface area (Å²) in [6.45, 7) is 4.12. The number of fused-ring (bicyclic) bond motifs is 3. The van der Waals surface area contributed by atoms with Crippen LogP contribution in [0.15, 0.2) is 54.7 Å². The quantitative estimate of drug-likeness (QED) is 0.451. The normalized spacial score (nSPS) is 11.5. The van der Waals surface area contributed by atoms with Crippen LogP contribution in [-0.4, -0.2) is 24.8 Å². The summed E-state index contributed by atoms with van der Waals surface area (Å²) in [6, 6.07) is 16.6. The van der Waals surface area contributed by atoms with E-state index in [2.05, 4.69) is 58.5 Å². The first-order valence-electron chi connectivity index (χ1n) is 8.91. The predicted octanol–water partition coefficient (Wildman–Crippen LogP) is 4.94. The van der Waals surface area contributed by atoms with Gasteiger partial charge in [0.2, 0.25) is 0 Å². The highest BCUT2D eigenvalue weighted by Crippen LogP contribution is 2.36. The number of nitrogens with zero attached hydrogens (tertiary/aromatic N) is 5. The van der Waals surface area contributed by atoms with Crippen molar-refractivity contribution in [2.45, 2.75) is 20.3 Å². The molecule has 27 heavy (non-hydrogen) atoms. The molecule has 0 N–H and O–H groups in total. The molecule has 0 radical (unpaired) electrons. The molecule has 0 saturated heterocycles. The molecule has 0 spiro atoms. The Morgan fingerprint density at radius 2 is 1.74 bits per heavy atom. The van der Waals surface area contributed by atoms with E-state index in [4.69, 9.17) is 5.10 Å². The number of aryl methyl sites for hydroxylation is 2. The third-order valence-electron chi connectivity index (χ3n) is 4.65. The Morgan fingerprint density at radius 1 is 0.926 bits per heavy atom. The van der Waals surface area contributed by atoms with E-state index in [1.165, 1.54) is 0 Å². The SMILES string of the molecule is CCc1nnc2c3ccccc3c(-c3ccc(-c4ccc(C)cn4)s3)nn12. The van der Waals surface area contributed by atoms with Gasteiger partial charge in [0.25, 0.3) is 0 Å². The Morgan fingerprint density at radius 3 is 2.52 bits per heavy atom. The lowest BCUT2D eigenvalue weighted by Crippen LogP contribution is -2.00. The molecule has 0 amide bonds. The Kier molecular flexibility index (Phi) is 3.72. The second-order valence-corrected chi connectivity index (χ2v) is 7.57. The lowest BCUT2D eigenvalue weighted by atomic mass is 10.1. The van der Waals surface area contributed by atoms with E-state index in [1.54, 1.807) is 11.3 Å². The summed E-state index contributed by atoms with van der Waals surface area (Å²) in [5.74, 6) is 0.869. The van der Waals surface area contributed by atoms with Crippen LogP contribution in [0.4, 0.5) is 0 Å². The van der Waals surface area contributed by atoms with Crippen LogP contribution in [0.3, 0.4) is 0 Å². The highest BCUT2D eigenvalue weighted by atomic mass is 32.1. The van der Waals surface area contributed by atoms with Crippen molar-refractivity contribution in [3.63, 3.8) is 0 Å². The van der Waals surface area contributed by atoms with Gasteiger partial charge in [0, 0.05) is 23.4 Å². The molecule has 0 atom stereocenters. The minimum atomic E-state index is 0.787. The highest BCUT2D eigenvalue weighted by molar-refractivity contribution is 7.18. The second kappa shape index (κ2) is 6.25. The average Bonchev–Trinajstić information content (AvgIpc) is 3.35. The molecule has 4 heterocycles. The Hall–Kier alpha value is -3.12. The molecule has 4 aromatic heterocycles. The summed E-state index contributed by atoms with van der Waals surface area (Å²) in [6.07, 6.45) is 2.69. The smallest absolute Gasteiger partial charge is 0.185 e. The summed E-state index contributed by atoms with van der Waals surface area (Å²) < 4.78 is 1.88. The van der Waals surface area contributed by atoms with Crippen molar-refractivity contribution in [3.8, 4) is 21.1 Å². The average molecular weight is 371 g/mol. The van der Waals surface area contributed by atoms with Crippen LogP contribution in [0.25, 0.3) is 37.6 Å². The van der Waals surface area contributed by atoms with Gasteiger partial charge in [-0.25, -0.2) is 0 Å². The lowest BCUT2D eigenvalue weighted by molar-refractivity contribution is 0.831. The van der Waals surface area contributed by atoms with Gasteiger partial charge in [0.05, 0.1) is 15.4 Å². The molecule has 0 aliphatic heterocycles. The van der Waals surface area contributed by atoms with Crippen LogP contribution in [-0.2, 0) is 6.42 Å². The van der Waals surface area contributed by atoms with Crippen LogP contribution in [0, 0.1) is 6.92 Å². The van der Waals surface area contributed by atoms with Gasteiger partial charge in [-0.2, -0.15) is 9.61 Å². The monoisotopic (exact) mass is 371 g/mol. The maximum atomic E-state index is 4.91. The van der Waals surface area contributed by atoms with Gasteiger partial charge in [0.15, 0.2) is 11.5 Å². The maximum Gasteiger partial charge on any atom is 0.185 e. The summed E-state index contributed by atoms with van der Waals surface area (Å²) in [5, 5.41) is 15.7. The number of thiophene rings is 1. The number of aromatic nitrogens is 5. The van der Waals surface area contributed by atoms with E-state index in [0.717, 1.165) is 55.4 Å². The summed E-state index contributed by atoms with van der Waals surface area (Å²) >= 11 is 1.71. The van der Waals surface area contributed by atoms with Crippen molar-refractivity contribution in [3.05, 3.63) is 66.1 Å². The van der Waals surface area contributed by atoms with Crippen molar-refractivity contribution in [2.24, 2.45) is 0 Å². The van der Waals surface area contributed by atoms with Crippen LogP contribution in [0.1, 0.15) is 18.3 Å². The first-order chi connectivity index (χ1) is 13.2. The molecule has 5 nitrogen and oxygen atoms in total. The summed E-state index contributed by atoms with van der Waals surface area (Å²) in [4.78, 5) is 6.80. The van der Waals surface area contributed by atoms with E-state index < -0.39 is 0 Å². The highest BCUT2D eigenvalue weighted by Gasteiger charge is 2.16. The first-order valence-corrected chi connectivity index (χ1v) is 9.72. The van der Waals surface area contributed by atoms with Crippen LogP contribution in [0.5, 0.6) is 0 Å². The van der Waals surface area contributed by atoms with Gasteiger partial charge in [-0.1, -0.05) is 37.3 Å². The van der Waals surface area contributed by atoms with Gasteiger partial charge >= 0.3 is 0 Å². The van der Waals surface area contributed by atoms with Crippen molar-refractivity contribution in [2.75, 3.05) is 0 Å². The fourth-order valence-electron chi connectivity index (χ4n) is 3.24. The standard InChI is InChI=1S/C21H17N5S/c1-3-19-23-24-21-15-7-5-4-6-14(15)20(25-26(19)21)18-11-10-17(27-18)16-9-8-13(2)12-22-16/h4-12H,3H2,1-2H3. The third-order valence-corrected chi connectivity index (χ3v) is 5.76. The Labute approximate surface area is 160 Å². The zero-order chi connectivity index (χ0) is 18.4. The van der Waals surface area contributed by atoms with Crippen LogP contribution in [0.2, 0.25) is 0 Å². The zero-order valence-electron chi connectivity index (χ0n) is 15.0. The molecule has 6 heteroatoms. The largest absolute Gasteiger partial charge is 0.255 e. The van der Waals surface area contributed by atoms with Crippen LogP contribution >= 0.6 is 11.3 Å². The molecular weight excluding hydrogens is 354 g/mol. The molecule has 0 aliphatic carbocycles. The molecule has 5 rings (SSSR count). The predicted molar refractivity (Wildman–Crippen MR) is 109 cm³/mol. The molecule has 0 aliphatic rings. The lowest BCUT2D eigenvalue weighted by Gasteiger charge is -2.06. The molecule has 0 fully saturated rings. The van der Waals surface area contributed by atoms with Gasteiger partial charge in [0.1, 0.15) is 5.69 Å². The number of hydrogen-bond acceptors (Lipinski definition) is 5. The summed E-state index contributed by atoms with van der Waals surface area (Å²) in [7, 11) is 0. The maximum absolute atomic E-state index is 4.91. The van der Waals surface area contributed by atoms with Crippen molar-refractivity contribution >= 4 is 27.8 Å². The van der Waals surface area contributed by atoms with Crippen molar-refractivity contribution < 1.29 is 0 Å². The van der Waals surface area contributed by atoms with E-state index in [1.807, 2.05) is 29.8 Å². The molecule has 0 unspecified atom stereocenters. The van der Waals surface area contributed by atoms with Crippen LogP contribution < -0.4 is 0 Å². The first kappa shape index (κ1) is 16.1. The van der Waals surface area contributed by atoms with Gasteiger partial charge in [-0.05, 0) is 30.7 Å². The number of benzene rings is 1. The fourth-order valence-corrected chi connectivity index (χ4v) is 4.22. The third kappa shape index (κ3) is 2.61. The number of pyridine rings is 1. The number of hydrogen-bond donors (Lipinski definition) is 0. The van der Waals surface area contributed by atoms with E-state index in [9.17, 15) is 0 Å². The van der Waals surface area contributed by atoms with E-state index in [-0.39, 0.29) is 0 Å². The van der Waals surface area contributed by atoms with Gasteiger partial charge in [-0.15, -0.1) is 21.5 Å². The molecule has 1 aromatic carbocycles. The minimum Gasteiger partial charge on any atom is -0.255 e. The Balaban J connectivity index is 1.73. The molecule has 0 bridgehead atoms. The Bertz CT molecular complexity index is 1270. The molecular formula is C21H17N5S. The minimum absolute atomic E-state index is 0.787. The van der Waals surface area contributed by atoms with Crippen molar-refractivity contribution in [1.82, 2.24) is 24.8 Å². The zero-order valence-corrected chi connectivity index (χ0v) is 15.9. The summed E-state index contributed by atoms with van der Waals surface area (Å²) in [5.41, 5.74) is 3.91.